The zero-order chi connectivity index (χ0) is 18.7. The van der Waals surface area contributed by atoms with E-state index in [1.165, 1.54) is 0 Å². The Balaban J connectivity index is 2.25. The number of rotatable bonds is 5. The topological polar surface area (TPSA) is 78.9 Å². The fourth-order valence-corrected chi connectivity index (χ4v) is 3.02. The standard InChI is InChI=1S/C21H19N3O2/c1-3-5-18-19(21(25)26)20(16-10-8-15(13-22)9-11-16)23-24(18)17-7-4-6-14(2)12-17/h4,6-12H,3,5H2,1-2H3,(H,25,26). The van der Waals surface area contributed by atoms with Gasteiger partial charge < -0.3 is 5.11 Å². The van der Waals surface area contributed by atoms with E-state index in [0.717, 1.165) is 17.7 Å². The highest BCUT2D eigenvalue weighted by atomic mass is 16.4. The van der Waals surface area contributed by atoms with Gasteiger partial charge in [-0.1, -0.05) is 37.6 Å². The second kappa shape index (κ2) is 7.24. The molecular formula is C21H19N3O2. The molecule has 0 aliphatic rings. The van der Waals surface area contributed by atoms with Crippen molar-refractivity contribution >= 4 is 5.97 Å². The van der Waals surface area contributed by atoms with Crippen molar-refractivity contribution in [2.45, 2.75) is 26.7 Å². The first-order valence-corrected chi connectivity index (χ1v) is 8.48. The van der Waals surface area contributed by atoms with Crippen molar-refractivity contribution in [3.05, 3.63) is 70.9 Å². The SMILES string of the molecule is CCCc1c(C(=O)O)c(-c2ccc(C#N)cc2)nn1-c1cccc(C)c1. The third-order valence-corrected chi connectivity index (χ3v) is 4.22. The van der Waals surface area contributed by atoms with E-state index in [1.54, 1.807) is 28.9 Å². The van der Waals surface area contributed by atoms with Crippen LogP contribution < -0.4 is 0 Å². The lowest BCUT2D eigenvalue weighted by Gasteiger charge is -2.08. The Morgan fingerprint density at radius 2 is 1.96 bits per heavy atom. The number of carboxylic acids is 1. The Morgan fingerprint density at radius 3 is 2.54 bits per heavy atom. The van der Waals surface area contributed by atoms with Crippen LogP contribution in [-0.4, -0.2) is 20.9 Å². The van der Waals surface area contributed by atoms with Crippen molar-refractivity contribution in [1.29, 1.82) is 5.26 Å². The van der Waals surface area contributed by atoms with Crippen LogP contribution in [0.2, 0.25) is 0 Å². The molecule has 2 aromatic carbocycles. The minimum Gasteiger partial charge on any atom is -0.478 e. The lowest BCUT2D eigenvalue weighted by atomic mass is 10.0. The first kappa shape index (κ1) is 17.4. The molecule has 26 heavy (non-hydrogen) atoms. The normalized spacial score (nSPS) is 10.5. The monoisotopic (exact) mass is 345 g/mol. The fraction of sp³-hybridized carbons (Fsp3) is 0.190. The van der Waals surface area contributed by atoms with Crippen LogP contribution >= 0.6 is 0 Å². The molecule has 1 N–H and O–H groups in total. The van der Waals surface area contributed by atoms with Crippen LogP contribution in [0.1, 0.15) is 40.5 Å². The Bertz CT molecular complexity index is 995. The molecule has 0 amide bonds. The predicted molar refractivity (Wildman–Crippen MR) is 99.4 cm³/mol. The Labute approximate surface area is 152 Å². The van der Waals surface area contributed by atoms with Crippen LogP contribution in [0.15, 0.2) is 48.5 Å². The van der Waals surface area contributed by atoms with Gasteiger partial charge in [0.15, 0.2) is 0 Å². The van der Waals surface area contributed by atoms with E-state index in [2.05, 4.69) is 11.2 Å². The highest BCUT2D eigenvalue weighted by Gasteiger charge is 2.24. The Kier molecular flexibility index (Phi) is 4.85. The average molecular weight is 345 g/mol. The minimum atomic E-state index is -0.994. The second-order valence-corrected chi connectivity index (χ2v) is 6.17. The zero-order valence-corrected chi connectivity index (χ0v) is 14.7. The number of nitriles is 1. The number of aromatic carboxylic acids is 1. The van der Waals surface area contributed by atoms with Gasteiger partial charge in [0.2, 0.25) is 0 Å². The number of carboxylic acid groups (broad SMARTS) is 1. The average Bonchev–Trinajstić information content (AvgIpc) is 3.02. The maximum absolute atomic E-state index is 12.0. The maximum Gasteiger partial charge on any atom is 0.339 e. The summed E-state index contributed by atoms with van der Waals surface area (Å²) < 4.78 is 1.73. The third-order valence-electron chi connectivity index (χ3n) is 4.22. The van der Waals surface area contributed by atoms with E-state index in [0.29, 0.717) is 28.9 Å². The minimum absolute atomic E-state index is 0.220. The Hall–Kier alpha value is -3.39. The predicted octanol–water partition coefficient (Wildman–Crippen LogP) is 4.37. The number of nitrogens with zero attached hydrogens (tertiary/aromatic N) is 3. The van der Waals surface area contributed by atoms with Gasteiger partial charge in [0.25, 0.3) is 0 Å². The molecule has 5 nitrogen and oxygen atoms in total. The first-order chi connectivity index (χ1) is 12.5. The summed E-state index contributed by atoms with van der Waals surface area (Å²) >= 11 is 0. The van der Waals surface area contributed by atoms with Crippen LogP contribution in [0.5, 0.6) is 0 Å². The van der Waals surface area contributed by atoms with Gasteiger partial charge in [-0.15, -0.1) is 0 Å². The van der Waals surface area contributed by atoms with E-state index in [1.807, 2.05) is 38.1 Å². The summed E-state index contributed by atoms with van der Waals surface area (Å²) in [5.41, 5.74) is 4.46. The largest absolute Gasteiger partial charge is 0.478 e. The number of aromatic nitrogens is 2. The molecule has 0 saturated carbocycles. The van der Waals surface area contributed by atoms with Gasteiger partial charge in [-0.05, 0) is 43.2 Å². The zero-order valence-electron chi connectivity index (χ0n) is 14.7. The van der Waals surface area contributed by atoms with Gasteiger partial charge in [0, 0.05) is 5.56 Å². The van der Waals surface area contributed by atoms with Gasteiger partial charge in [-0.3, -0.25) is 0 Å². The molecular weight excluding hydrogens is 326 g/mol. The molecule has 0 spiro atoms. The summed E-state index contributed by atoms with van der Waals surface area (Å²) in [5, 5.41) is 23.5. The molecule has 0 saturated heterocycles. The molecule has 130 valence electrons. The smallest absolute Gasteiger partial charge is 0.339 e. The van der Waals surface area contributed by atoms with Crippen molar-refractivity contribution in [1.82, 2.24) is 9.78 Å². The molecule has 1 heterocycles. The molecule has 3 rings (SSSR count). The quantitative estimate of drug-likeness (QED) is 0.745. The fourth-order valence-electron chi connectivity index (χ4n) is 3.02. The highest BCUT2D eigenvalue weighted by Crippen LogP contribution is 2.29. The van der Waals surface area contributed by atoms with Crippen molar-refractivity contribution in [2.24, 2.45) is 0 Å². The molecule has 0 aliphatic heterocycles. The lowest BCUT2D eigenvalue weighted by molar-refractivity contribution is 0.0696. The van der Waals surface area contributed by atoms with Gasteiger partial charge in [0.05, 0.1) is 23.0 Å². The van der Waals surface area contributed by atoms with Crippen molar-refractivity contribution < 1.29 is 9.90 Å². The number of aryl methyl sites for hydroxylation is 1. The van der Waals surface area contributed by atoms with Gasteiger partial charge >= 0.3 is 5.97 Å². The molecule has 0 radical (unpaired) electrons. The van der Waals surface area contributed by atoms with Gasteiger partial charge in [0.1, 0.15) is 11.3 Å². The van der Waals surface area contributed by atoms with Crippen LogP contribution in [0, 0.1) is 18.3 Å². The molecule has 0 atom stereocenters. The van der Waals surface area contributed by atoms with Crippen molar-refractivity contribution in [3.8, 4) is 23.0 Å². The Morgan fingerprint density at radius 1 is 1.23 bits per heavy atom. The molecule has 0 bridgehead atoms. The number of hydrogen-bond acceptors (Lipinski definition) is 3. The van der Waals surface area contributed by atoms with Crippen LogP contribution in [0.25, 0.3) is 16.9 Å². The summed E-state index contributed by atoms with van der Waals surface area (Å²) in [6.07, 6.45) is 1.42. The third kappa shape index (κ3) is 3.22. The number of benzene rings is 2. The molecule has 0 aliphatic carbocycles. The van der Waals surface area contributed by atoms with Gasteiger partial charge in [-0.2, -0.15) is 10.4 Å². The number of carbonyl (C=O) groups is 1. The van der Waals surface area contributed by atoms with E-state index in [-0.39, 0.29) is 5.56 Å². The van der Waals surface area contributed by atoms with E-state index in [4.69, 9.17) is 5.26 Å². The van der Waals surface area contributed by atoms with E-state index < -0.39 is 5.97 Å². The summed E-state index contributed by atoms with van der Waals surface area (Å²) in [4.78, 5) is 12.0. The molecule has 5 heteroatoms. The van der Waals surface area contributed by atoms with Crippen LogP contribution in [0.3, 0.4) is 0 Å². The first-order valence-electron chi connectivity index (χ1n) is 8.48. The molecule has 0 unspecified atom stereocenters. The van der Waals surface area contributed by atoms with E-state index in [9.17, 15) is 9.90 Å². The summed E-state index contributed by atoms with van der Waals surface area (Å²) in [5.74, 6) is -0.994. The second-order valence-electron chi connectivity index (χ2n) is 6.17. The van der Waals surface area contributed by atoms with Crippen molar-refractivity contribution in [3.63, 3.8) is 0 Å². The number of hydrogen-bond donors (Lipinski definition) is 1. The molecule has 0 fully saturated rings. The van der Waals surface area contributed by atoms with E-state index >= 15 is 0 Å². The van der Waals surface area contributed by atoms with Crippen LogP contribution in [0.4, 0.5) is 0 Å². The summed E-state index contributed by atoms with van der Waals surface area (Å²) in [6, 6.07) is 16.7. The molecule has 1 aromatic heterocycles. The van der Waals surface area contributed by atoms with Crippen molar-refractivity contribution in [2.75, 3.05) is 0 Å². The summed E-state index contributed by atoms with van der Waals surface area (Å²) in [6.45, 7) is 4.01. The lowest BCUT2D eigenvalue weighted by Crippen LogP contribution is -2.06. The van der Waals surface area contributed by atoms with Gasteiger partial charge in [-0.25, -0.2) is 9.48 Å². The van der Waals surface area contributed by atoms with Crippen LogP contribution in [-0.2, 0) is 6.42 Å². The summed E-state index contributed by atoms with van der Waals surface area (Å²) in [7, 11) is 0. The maximum atomic E-state index is 12.0. The highest BCUT2D eigenvalue weighted by molar-refractivity contribution is 5.96. The molecule has 3 aromatic rings.